The summed E-state index contributed by atoms with van der Waals surface area (Å²) < 4.78 is 14.5. The highest BCUT2D eigenvalue weighted by Gasteiger charge is 2.28. The Morgan fingerprint density at radius 1 is 1.00 bits per heavy atom. The quantitative estimate of drug-likeness (QED) is 0.581. The van der Waals surface area contributed by atoms with Crippen molar-refractivity contribution in [2.24, 2.45) is 5.92 Å². The summed E-state index contributed by atoms with van der Waals surface area (Å²) in [6.45, 7) is 1.52. The smallest absolute Gasteiger partial charge is 0.255 e. The molecule has 176 valence electrons. The lowest BCUT2D eigenvalue weighted by Gasteiger charge is -2.31. The van der Waals surface area contributed by atoms with E-state index in [0.717, 1.165) is 11.1 Å². The highest BCUT2D eigenvalue weighted by atomic mass is 35.5. The Morgan fingerprint density at radius 3 is 2.41 bits per heavy atom. The molecular weight excluding hydrogens is 457 g/mol. The number of benzene rings is 2. The molecule has 0 atom stereocenters. The third-order valence-electron chi connectivity index (χ3n) is 6.06. The van der Waals surface area contributed by atoms with Crippen molar-refractivity contribution in [3.05, 3.63) is 105 Å². The lowest BCUT2D eigenvalue weighted by atomic mass is 9.95. The predicted molar refractivity (Wildman–Crippen MR) is 128 cm³/mol. The van der Waals surface area contributed by atoms with E-state index in [0.29, 0.717) is 43.1 Å². The Bertz CT molecular complexity index is 1230. The molecule has 2 amide bonds. The summed E-state index contributed by atoms with van der Waals surface area (Å²) in [5.41, 5.74) is 1.83. The zero-order valence-electron chi connectivity index (χ0n) is 18.5. The minimum Gasteiger partial charge on any atom is -0.352 e. The number of pyridine rings is 1. The maximum Gasteiger partial charge on any atom is 0.255 e. The molecular formula is C26H25ClFN3O3. The summed E-state index contributed by atoms with van der Waals surface area (Å²) >= 11 is 6.21. The van der Waals surface area contributed by atoms with E-state index in [2.05, 4.69) is 5.32 Å². The third-order valence-corrected chi connectivity index (χ3v) is 6.43. The summed E-state index contributed by atoms with van der Waals surface area (Å²) in [4.78, 5) is 39.6. The van der Waals surface area contributed by atoms with Crippen LogP contribution in [0.2, 0.25) is 5.02 Å². The fourth-order valence-electron chi connectivity index (χ4n) is 4.05. The number of nitrogens with zero attached hydrogens (tertiary/aromatic N) is 2. The molecule has 0 radical (unpaired) electrons. The summed E-state index contributed by atoms with van der Waals surface area (Å²) in [6, 6.07) is 16.2. The highest BCUT2D eigenvalue weighted by Crippen LogP contribution is 2.20. The van der Waals surface area contributed by atoms with E-state index in [1.807, 2.05) is 18.2 Å². The van der Waals surface area contributed by atoms with E-state index in [1.54, 1.807) is 29.3 Å². The second-order valence-electron chi connectivity index (χ2n) is 8.39. The normalized spacial score (nSPS) is 14.1. The first-order valence-corrected chi connectivity index (χ1v) is 11.5. The van der Waals surface area contributed by atoms with Crippen LogP contribution in [0.1, 0.15) is 34.3 Å². The average molecular weight is 482 g/mol. The monoisotopic (exact) mass is 481 g/mol. The molecule has 1 aliphatic rings. The molecule has 1 aliphatic heterocycles. The first kappa shape index (κ1) is 23.7. The van der Waals surface area contributed by atoms with E-state index < -0.39 is 0 Å². The number of carbonyl (C=O) groups is 2. The van der Waals surface area contributed by atoms with E-state index in [-0.39, 0.29) is 35.7 Å². The first-order chi connectivity index (χ1) is 16.4. The number of hydrogen-bond acceptors (Lipinski definition) is 3. The summed E-state index contributed by atoms with van der Waals surface area (Å²) in [5, 5.41) is 3.45. The van der Waals surface area contributed by atoms with Crippen LogP contribution in [0.4, 0.5) is 4.39 Å². The molecule has 1 N–H and O–H groups in total. The van der Waals surface area contributed by atoms with Crippen LogP contribution in [0.25, 0.3) is 0 Å². The Kier molecular flexibility index (Phi) is 7.43. The zero-order valence-corrected chi connectivity index (χ0v) is 19.3. The van der Waals surface area contributed by atoms with Crippen molar-refractivity contribution in [1.29, 1.82) is 0 Å². The number of piperidine rings is 1. The van der Waals surface area contributed by atoms with Gasteiger partial charge in [-0.2, -0.15) is 0 Å². The lowest BCUT2D eigenvalue weighted by Crippen LogP contribution is -2.43. The van der Waals surface area contributed by atoms with Crippen LogP contribution < -0.4 is 10.9 Å². The Hall–Kier alpha value is -3.45. The number of rotatable bonds is 6. The van der Waals surface area contributed by atoms with Crippen molar-refractivity contribution in [3.63, 3.8) is 0 Å². The van der Waals surface area contributed by atoms with Crippen LogP contribution in [-0.2, 0) is 17.9 Å². The molecule has 34 heavy (non-hydrogen) atoms. The molecule has 0 spiro atoms. The Labute approximate surface area is 202 Å². The number of nitrogens with one attached hydrogen (secondary N) is 1. The van der Waals surface area contributed by atoms with Gasteiger partial charge in [0.25, 0.3) is 11.5 Å². The fraction of sp³-hybridized carbons (Fsp3) is 0.269. The minimum absolute atomic E-state index is 0.0651. The maximum absolute atomic E-state index is 13.1. The van der Waals surface area contributed by atoms with Gasteiger partial charge in [-0.15, -0.1) is 0 Å². The van der Waals surface area contributed by atoms with Gasteiger partial charge < -0.3 is 14.8 Å². The summed E-state index contributed by atoms with van der Waals surface area (Å²) in [6.07, 6.45) is 2.68. The van der Waals surface area contributed by atoms with Crippen LogP contribution in [0, 0.1) is 11.7 Å². The van der Waals surface area contributed by atoms with Gasteiger partial charge in [0, 0.05) is 42.8 Å². The van der Waals surface area contributed by atoms with Gasteiger partial charge in [0.1, 0.15) is 5.82 Å². The summed E-state index contributed by atoms with van der Waals surface area (Å²) in [7, 11) is 0. The molecule has 1 fully saturated rings. The molecule has 0 unspecified atom stereocenters. The zero-order chi connectivity index (χ0) is 24.1. The molecule has 0 bridgehead atoms. The first-order valence-electron chi connectivity index (χ1n) is 11.2. The third kappa shape index (κ3) is 5.72. The van der Waals surface area contributed by atoms with Gasteiger partial charge in [-0.3, -0.25) is 14.4 Å². The van der Waals surface area contributed by atoms with E-state index in [4.69, 9.17) is 11.6 Å². The largest absolute Gasteiger partial charge is 0.352 e. The molecule has 2 aromatic carbocycles. The topological polar surface area (TPSA) is 71.4 Å². The second-order valence-corrected chi connectivity index (χ2v) is 8.79. The van der Waals surface area contributed by atoms with Gasteiger partial charge in [0.15, 0.2) is 0 Å². The molecule has 1 saturated heterocycles. The predicted octanol–water partition coefficient (Wildman–Crippen LogP) is 3.86. The van der Waals surface area contributed by atoms with Crippen molar-refractivity contribution >= 4 is 23.4 Å². The number of likely N-dealkylation sites (tertiary alicyclic amines) is 1. The van der Waals surface area contributed by atoms with Gasteiger partial charge in [0.05, 0.1) is 12.1 Å². The van der Waals surface area contributed by atoms with Crippen LogP contribution in [0.3, 0.4) is 0 Å². The van der Waals surface area contributed by atoms with Gasteiger partial charge in [0.2, 0.25) is 5.91 Å². The molecule has 0 saturated carbocycles. The number of aromatic nitrogens is 1. The van der Waals surface area contributed by atoms with Crippen molar-refractivity contribution in [3.8, 4) is 0 Å². The number of amides is 2. The van der Waals surface area contributed by atoms with E-state index in [1.165, 1.54) is 28.8 Å². The fourth-order valence-corrected chi connectivity index (χ4v) is 4.25. The molecule has 6 nitrogen and oxygen atoms in total. The number of hydrogen-bond donors (Lipinski definition) is 1. The number of halogens is 2. The van der Waals surface area contributed by atoms with E-state index in [9.17, 15) is 18.8 Å². The molecule has 3 aromatic rings. The minimum atomic E-state index is -0.314. The van der Waals surface area contributed by atoms with Gasteiger partial charge in [-0.25, -0.2) is 4.39 Å². The van der Waals surface area contributed by atoms with Crippen molar-refractivity contribution in [2.45, 2.75) is 25.9 Å². The Morgan fingerprint density at radius 2 is 1.71 bits per heavy atom. The SMILES string of the molecule is O=C(NCc1ccc(F)cc1)C1CCN(C(=O)c2ccc(=O)n(Cc3ccccc3Cl)c2)CC1. The van der Waals surface area contributed by atoms with Crippen LogP contribution in [0.15, 0.2) is 71.7 Å². The molecule has 2 heterocycles. The van der Waals surface area contributed by atoms with Gasteiger partial charge in [-0.05, 0) is 48.2 Å². The maximum atomic E-state index is 13.1. The molecule has 1 aromatic heterocycles. The van der Waals surface area contributed by atoms with Gasteiger partial charge in [-0.1, -0.05) is 41.9 Å². The summed E-state index contributed by atoms with van der Waals surface area (Å²) in [5.74, 6) is -0.729. The molecule has 8 heteroatoms. The van der Waals surface area contributed by atoms with Crippen molar-refractivity contribution < 1.29 is 14.0 Å². The van der Waals surface area contributed by atoms with E-state index >= 15 is 0 Å². The van der Waals surface area contributed by atoms with Gasteiger partial charge >= 0.3 is 0 Å². The average Bonchev–Trinajstić information content (AvgIpc) is 2.86. The van der Waals surface area contributed by atoms with Crippen molar-refractivity contribution in [1.82, 2.24) is 14.8 Å². The van der Waals surface area contributed by atoms with Crippen LogP contribution in [-0.4, -0.2) is 34.4 Å². The van der Waals surface area contributed by atoms with Crippen LogP contribution in [0.5, 0.6) is 0 Å². The number of carbonyl (C=O) groups excluding carboxylic acids is 2. The van der Waals surface area contributed by atoms with Crippen molar-refractivity contribution in [2.75, 3.05) is 13.1 Å². The molecule has 4 rings (SSSR count). The standard InChI is InChI=1S/C26H25ClFN3O3/c27-23-4-2-1-3-20(23)16-31-17-21(7-10-24(31)32)26(34)30-13-11-19(12-14-30)25(33)29-15-18-5-8-22(28)9-6-18/h1-10,17,19H,11-16H2,(H,29,33). The highest BCUT2D eigenvalue weighted by molar-refractivity contribution is 6.31. The second kappa shape index (κ2) is 10.7. The van der Waals surface area contributed by atoms with Crippen LogP contribution >= 0.6 is 11.6 Å². The molecule has 0 aliphatic carbocycles. The Balaban J connectivity index is 1.34. The lowest BCUT2D eigenvalue weighted by molar-refractivity contribution is -0.126.